The molecule has 1 fully saturated rings. The summed E-state index contributed by atoms with van der Waals surface area (Å²) in [6, 6.07) is 9.13. The molecule has 0 spiro atoms. The number of hydrogen-bond donors (Lipinski definition) is 3. The molecule has 2 aromatic rings. The van der Waals surface area contributed by atoms with Crippen molar-refractivity contribution in [2.24, 2.45) is 16.6 Å². The summed E-state index contributed by atoms with van der Waals surface area (Å²) in [5, 5.41) is 6.57. The van der Waals surface area contributed by atoms with E-state index in [1.165, 1.54) is 6.07 Å². The number of piperidine rings is 1. The van der Waals surface area contributed by atoms with Crippen LogP contribution < -0.4 is 21.3 Å². The first kappa shape index (κ1) is 22.5. The summed E-state index contributed by atoms with van der Waals surface area (Å²) in [7, 11) is 0. The largest absolute Gasteiger partial charge is 0.369 e. The maximum absolute atomic E-state index is 13.8. The molecule has 1 aliphatic rings. The van der Waals surface area contributed by atoms with Crippen LogP contribution in [0.2, 0.25) is 0 Å². The third-order valence-corrected chi connectivity index (χ3v) is 5.51. The molecule has 0 saturated carbocycles. The van der Waals surface area contributed by atoms with Crippen LogP contribution in [0.3, 0.4) is 0 Å². The SMILES string of the molecule is CCNC(=NCc1ccc(C)c(F)c1)NCc1cccnc1N1CCC(C(N)=O)CC1. The van der Waals surface area contributed by atoms with E-state index >= 15 is 0 Å². The van der Waals surface area contributed by atoms with Crippen LogP contribution in [0, 0.1) is 18.7 Å². The van der Waals surface area contributed by atoms with E-state index in [9.17, 15) is 9.18 Å². The molecule has 31 heavy (non-hydrogen) atoms. The highest BCUT2D eigenvalue weighted by molar-refractivity contribution is 5.80. The fourth-order valence-electron chi connectivity index (χ4n) is 3.65. The number of halogens is 1. The van der Waals surface area contributed by atoms with Gasteiger partial charge in [-0.3, -0.25) is 4.79 Å². The zero-order chi connectivity index (χ0) is 22.2. The van der Waals surface area contributed by atoms with E-state index in [1.807, 2.05) is 25.1 Å². The van der Waals surface area contributed by atoms with E-state index in [4.69, 9.17) is 5.73 Å². The van der Waals surface area contributed by atoms with Crippen LogP contribution in [0.15, 0.2) is 41.5 Å². The summed E-state index contributed by atoms with van der Waals surface area (Å²) in [6.45, 7) is 6.90. The number of aliphatic imine (C=N–C) groups is 1. The van der Waals surface area contributed by atoms with Crippen molar-refractivity contribution < 1.29 is 9.18 Å². The normalized spacial score (nSPS) is 15.1. The second kappa shape index (κ2) is 10.7. The maximum atomic E-state index is 13.8. The molecule has 0 radical (unpaired) electrons. The molecule has 4 N–H and O–H groups in total. The molecule has 0 bridgehead atoms. The van der Waals surface area contributed by atoms with E-state index in [0.29, 0.717) is 31.2 Å². The van der Waals surface area contributed by atoms with Gasteiger partial charge < -0.3 is 21.3 Å². The summed E-state index contributed by atoms with van der Waals surface area (Å²) >= 11 is 0. The average Bonchev–Trinajstić information content (AvgIpc) is 2.78. The molecule has 0 aliphatic carbocycles. The van der Waals surface area contributed by atoms with E-state index in [2.05, 4.69) is 25.5 Å². The Morgan fingerprint density at radius 3 is 2.74 bits per heavy atom. The van der Waals surface area contributed by atoms with Crippen molar-refractivity contribution in [2.75, 3.05) is 24.5 Å². The predicted octanol–water partition coefficient (Wildman–Crippen LogP) is 2.49. The molecule has 0 atom stereocenters. The Morgan fingerprint density at radius 2 is 2.06 bits per heavy atom. The molecule has 1 aromatic carbocycles. The van der Waals surface area contributed by atoms with Crippen LogP contribution >= 0.6 is 0 Å². The summed E-state index contributed by atoms with van der Waals surface area (Å²) in [5.41, 5.74) is 7.95. The second-order valence-electron chi connectivity index (χ2n) is 7.78. The number of nitrogens with one attached hydrogen (secondary N) is 2. The van der Waals surface area contributed by atoms with E-state index < -0.39 is 0 Å². The van der Waals surface area contributed by atoms with Gasteiger partial charge in [-0.1, -0.05) is 18.2 Å². The van der Waals surface area contributed by atoms with Gasteiger partial charge in [0.05, 0.1) is 6.54 Å². The lowest BCUT2D eigenvalue weighted by Gasteiger charge is -2.32. The number of carbonyl (C=O) groups is 1. The van der Waals surface area contributed by atoms with E-state index in [0.717, 1.165) is 42.9 Å². The van der Waals surface area contributed by atoms with Crippen molar-refractivity contribution in [1.29, 1.82) is 0 Å². The van der Waals surface area contributed by atoms with Crippen LogP contribution in [0.5, 0.6) is 0 Å². The number of anilines is 1. The lowest BCUT2D eigenvalue weighted by atomic mass is 9.96. The number of pyridine rings is 1. The standard InChI is InChI=1S/C23H31FN6O/c1-3-26-23(28-14-17-7-6-16(2)20(24)13-17)29-15-19-5-4-10-27-22(19)30-11-8-18(9-12-30)21(25)31/h4-7,10,13,18H,3,8-9,11-12,14-15H2,1-2H3,(H2,25,31)(H2,26,28,29). The zero-order valence-electron chi connectivity index (χ0n) is 18.2. The third-order valence-electron chi connectivity index (χ3n) is 5.51. The van der Waals surface area contributed by atoms with Gasteiger partial charge >= 0.3 is 0 Å². The van der Waals surface area contributed by atoms with Crippen molar-refractivity contribution in [2.45, 2.75) is 39.8 Å². The Kier molecular flexibility index (Phi) is 7.81. The average molecular weight is 427 g/mol. The summed E-state index contributed by atoms with van der Waals surface area (Å²) < 4.78 is 13.8. The van der Waals surface area contributed by atoms with Gasteiger partial charge in [-0.2, -0.15) is 0 Å². The summed E-state index contributed by atoms with van der Waals surface area (Å²) in [5.74, 6) is 1.08. The number of amides is 1. The lowest BCUT2D eigenvalue weighted by molar-refractivity contribution is -0.122. The molecule has 1 amide bonds. The maximum Gasteiger partial charge on any atom is 0.220 e. The molecule has 1 aliphatic heterocycles. The Balaban J connectivity index is 1.65. The van der Waals surface area contributed by atoms with Crippen molar-refractivity contribution in [1.82, 2.24) is 15.6 Å². The van der Waals surface area contributed by atoms with Crippen molar-refractivity contribution in [3.05, 3.63) is 59.0 Å². The number of guanidine groups is 1. The number of benzene rings is 1. The van der Waals surface area contributed by atoms with E-state index in [1.54, 1.807) is 19.2 Å². The number of nitrogens with two attached hydrogens (primary N) is 1. The fraction of sp³-hybridized carbons (Fsp3) is 0.435. The molecule has 1 saturated heterocycles. The Hall–Kier alpha value is -3.16. The van der Waals surface area contributed by atoms with Gasteiger partial charge in [-0.05, 0) is 49.9 Å². The number of aryl methyl sites for hydroxylation is 1. The fourth-order valence-corrected chi connectivity index (χ4v) is 3.65. The minimum Gasteiger partial charge on any atom is -0.369 e. The first-order valence-corrected chi connectivity index (χ1v) is 10.7. The third kappa shape index (κ3) is 6.16. The topological polar surface area (TPSA) is 95.6 Å². The number of hydrogen-bond acceptors (Lipinski definition) is 4. The highest BCUT2D eigenvalue weighted by atomic mass is 19.1. The van der Waals surface area contributed by atoms with Crippen LogP contribution in [0.4, 0.5) is 10.2 Å². The molecule has 1 aromatic heterocycles. The predicted molar refractivity (Wildman–Crippen MR) is 121 cm³/mol. The monoisotopic (exact) mass is 426 g/mol. The van der Waals surface area contributed by atoms with Gasteiger partial charge in [-0.15, -0.1) is 0 Å². The van der Waals surface area contributed by atoms with Gasteiger partial charge in [0.25, 0.3) is 0 Å². The Labute approximate surface area is 183 Å². The van der Waals surface area contributed by atoms with Crippen molar-refractivity contribution in [3.63, 3.8) is 0 Å². The Bertz CT molecular complexity index is 924. The van der Waals surface area contributed by atoms with E-state index in [-0.39, 0.29) is 17.6 Å². The first-order valence-electron chi connectivity index (χ1n) is 10.7. The zero-order valence-corrected chi connectivity index (χ0v) is 18.2. The van der Waals surface area contributed by atoms with Crippen LogP contribution in [0.1, 0.15) is 36.5 Å². The highest BCUT2D eigenvalue weighted by Gasteiger charge is 2.24. The quantitative estimate of drug-likeness (QED) is 0.467. The van der Waals surface area contributed by atoms with Gasteiger partial charge in [0.15, 0.2) is 5.96 Å². The van der Waals surface area contributed by atoms with Gasteiger partial charge in [0, 0.05) is 43.9 Å². The number of nitrogens with zero attached hydrogens (tertiary/aromatic N) is 3. The summed E-state index contributed by atoms with van der Waals surface area (Å²) in [4.78, 5) is 22.8. The minimum absolute atomic E-state index is 0.0550. The molecule has 3 rings (SSSR count). The molecule has 7 nitrogen and oxygen atoms in total. The molecule has 8 heteroatoms. The number of aromatic nitrogens is 1. The smallest absolute Gasteiger partial charge is 0.220 e. The molecular formula is C23H31FN6O. The minimum atomic E-state index is -0.220. The van der Waals surface area contributed by atoms with Gasteiger partial charge in [0.2, 0.25) is 5.91 Å². The number of rotatable bonds is 7. The van der Waals surface area contributed by atoms with Gasteiger partial charge in [0.1, 0.15) is 11.6 Å². The lowest BCUT2D eigenvalue weighted by Crippen LogP contribution is -2.40. The first-order chi connectivity index (χ1) is 15.0. The van der Waals surface area contributed by atoms with Gasteiger partial charge in [-0.25, -0.2) is 14.4 Å². The van der Waals surface area contributed by atoms with Crippen molar-refractivity contribution >= 4 is 17.7 Å². The molecule has 166 valence electrons. The second-order valence-corrected chi connectivity index (χ2v) is 7.78. The van der Waals surface area contributed by atoms with Crippen molar-refractivity contribution in [3.8, 4) is 0 Å². The molecular weight excluding hydrogens is 395 g/mol. The highest BCUT2D eigenvalue weighted by Crippen LogP contribution is 2.24. The van der Waals surface area contributed by atoms with Crippen LogP contribution in [0.25, 0.3) is 0 Å². The summed E-state index contributed by atoms with van der Waals surface area (Å²) in [6.07, 6.45) is 3.27. The number of primary amides is 1. The van der Waals surface area contributed by atoms with Crippen LogP contribution in [-0.4, -0.2) is 36.5 Å². The number of carbonyl (C=O) groups excluding carboxylic acids is 1. The van der Waals surface area contributed by atoms with Crippen LogP contribution in [-0.2, 0) is 17.9 Å². The molecule has 2 heterocycles. The molecule has 0 unspecified atom stereocenters. The Morgan fingerprint density at radius 1 is 1.29 bits per heavy atom.